The van der Waals surface area contributed by atoms with Gasteiger partial charge in [0.2, 0.25) is 0 Å². The Morgan fingerprint density at radius 3 is 2.37 bits per heavy atom. The Balaban J connectivity index is 2.16. The third kappa shape index (κ3) is 3.23. The standard InChI is InChI=1S/C21H24N2O4/c1-5-15-12-22(20(24)16-8-6-7-9-19(16)27-4)17-10-13(2)14(3)11-18(17)23(15)21(25)26/h6-11,15H,5,12H2,1-4H3,(H,25,26). The summed E-state index contributed by atoms with van der Waals surface area (Å²) in [6.45, 7) is 6.13. The molecule has 1 heterocycles. The maximum atomic E-state index is 13.4. The largest absolute Gasteiger partial charge is 0.496 e. The SMILES string of the molecule is CCC1CN(C(=O)c2ccccc2OC)c2cc(C)c(C)cc2N1C(=O)O. The van der Waals surface area contributed by atoms with Crippen LogP contribution in [0.15, 0.2) is 36.4 Å². The van der Waals surface area contributed by atoms with Crippen LogP contribution >= 0.6 is 0 Å². The normalized spacial score (nSPS) is 16.1. The van der Waals surface area contributed by atoms with E-state index < -0.39 is 6.09 Å². The molecule has 0 aliphatic carbocycles. The van der Waals surface area contributed by atoms with Crippen molar-refractivity contribution in [2.24, 2.45) is 0 Å². The molecule has 2 aromatic rings. The van der Waals surface area contributed by atoms with E-state index in [1.165, 1.54) is 12.0 Å². The molecule has 6 nitrogen and oxygen atoms in total. The molecule has 1 aliphatic heterocycles. The van der Waals surface area contributed by atoms with Crippen LogP contribution in [0.25, 0.3) is 0 Å². The zero-order valence-corrected chi connectivity index (χ0v) is 16.0. The lowest BCUT2D eigenvalue weighted by atomic mass is 9.99. The summed E-state index contributed by atoms with van der Waals surface area (Å²) in [6, 6.07) is 10.5. The quantitative estimate of drug-likeness (QED) is 0.880. The van der Waals surface area contributed by atoms with Crippen LogP contribution in [-0.4, -0.2) is 36.8 Å². The zero-order chi connectivity index (χ0) is 19.7. The number of anilines is 2. The van der Waals surface area contributed by atoms with Crippen LogP contribution in [0.5, 0.6) is 5.75 Å². The molecule has 0 radical (unpaired) electrons. The summed E-state index contributed by atoms with van der Waals surface area (Å²) >= 11 is 0. The van der Waals surface area contributed by atoms with Crippen molar-refractivity contribution in [3.8, 4) is 5.75 Å². The average molecular weight is 368 g/mol. The van der Waals surface area contributed by atoms with Gasteiger partial charge in [0.25, 0.3) is 5.91 Å². The van der Waals surface area contributed by atoms with Gasteiger partial charge in [-0.3, -0.25) is 9.69 Å². The van der Waals surface area contributed by atoms with Crippen LogP contribution < -0.4 is 14.5 Å². The third-order valence-electron chi connectivity index (χ3n) is 5.16. The fraction of sp³-hybridized carbons (Fsp3) is 0.333. The number of aryl methyl sites for hydroxylation is 2. The molecular weight excluding hydrogens is 344 g/mol. The monoisotopic (exact) mass is 368 g/mol. The summed E-state index contributed by atoms with van der Waals surface area (Å²) in [5.74, 6) is 0.307. The minimum Gasteiger partial charge on any atom is -0.496 e. The summed E-state index contributed by atoms with van der Waals surface area (Å²) in [5.41, 5.74) is 3.61. The fourth-order valence-electron chi connectivity index (χ4n) is 3.51. The van der Waals surface area contributed by atoms with Gasteiger partial charge in [-0.05, 0) is 55.7 Å². The highest BCUT2D eigenvalue weighted by atomic mass is 16.5. The lowest BCUT2D eigenvalue weighted by Crippen LogP contribution is -2.52. The van der Waals surface area contributed by atoms with Crippen molar-refractivity contribution in [2.45, 2.75) is 33.2 Å². The number of methoxy groups -OCH3 is 1. The van der Waals surface area contributed by atoms with Crippen molar-refractivity contribution in [1.29, 1.82) is 0 Å². The second-order valence-corrected chi connectivity index (χ2v) is 6.76. The molecule has 1 unspecified atom stereocenters. The second kappa shape index (κ2) is 7.31. The number of hydrogen-bond acceptors (Lipinski definition) is 3. The molecule has 2 amide bonds. The number of fused-ring (bicyclic) bond motifs is 1. The average Bonchev–Trinajstić information content (AvgIpc) is 2.66. The van der Waals surface area contributed by atoms with Crippen molar-refractivity contribution in [1.82, 2.24) is 0 Å². The van der Waals surface area contributed by atoms with Crippen LogP contribution in [0.4, 0.5) is 16.2 Å². The highest BCUT2D eigenvalue weighted by Crippen LogP contribution is 2.39. The maximum absolute atomic E-state index is 13.4. The number of carbonyl (C=O) groups excluding carboxylic acids is 1. The minimum atomic E-state index is -1.00. The van der Waals surface area contributed by atoms with Crippen molar-refractivity contribution in [3.63, 3.8) is 0 Å². The molecule has 2 aromatic carbocycles. The first kappa shape index (κ1) is 18.8. The minimum absolute atomic E-state index is 0.194. The van der Waals surface area contributed by atoms with Crippen molar-refractivity contribution in [2.75, 3.05) is 23.5 Å². The molecule has 0 bridgehead atoms. The smallest absolute Gasteiger partial charge is 0.412 e. The highest BCUT2D eigenvalue weighted by molar-refractivity contribution is 6.11. The van der Waals surface area contributed by atoms with E-state index in [-0.39, 0.29) is 11.9 Å². The van der Waals surface area contributed by atoms with Gasteiger partial charge in [0.05, 0.1) is 30.1 Å². The number of amides is 2. The summed E-state index contributed by atoms with van der Waals surface area (Å²) in [5, 5.41) is 9.77. The van der Waals surface area contributed by atoms with Crippen molar-refractivity contribution >= 4 is 23.4 Å². The first-order valence-corrected chi connectivity index (χ1v) is 8.97. The van der Waals surface area contributed by atoms with E-state index >= 15 is 0 Å². The molecule has 0 fully saturated rings. The zero-order valence-electron chi connectivity index (χ0n) is 16.0. The Morgan fingerprint density at radius 2 is 1.78 bits per heavy atom. The van der Waals surface area contributed by atoms with Crippen LogP contribution in [-0.2, 0) is 0 Å². The van der Waals surface area contributed by atoms with Gasteiger partial charge in [-0.1, -0.05) is 19.1 Å². The number of nitrogens with zero attached hydrogens (tertiary/aromatic N) is 2. The Labute approximate surface area is 159 Å². The number of rotatable bonds is 3. The molecule has 0 saturated carbocycles. The molecule has 1 atom stereocenters. The van der Waals surface area contributed by atoms with Crippen molar-refractivity contribution < 1.29 is 19.4 Å². The van der Waals surface area contributed by atoms with Crippen LogP contribution in [0.1, 0.15) is 34.8 Å². The molecule has 142 valence electrons. The molecular formula is C21H24N2O4. The Kier molecular flexibility index (Phi) is 5.08. The second-order valence-electron chi connectivity index (χ2n) is 6.76. The molecule has 27 heavy (non-hydrogen) atoms. The summed E-state index contributed by atoms with van der Waals surface area (Å²) in [4.78, 5) is 28.3. The van der Waals surface area contributed by atoms with E-state index in [1.54, 1.807) is 23.1 Å². The van der Waals surface area contributed by atoms with Crippen LogP contribution in [0.2, 0.25) is 0 Å². The van der Waals surface area contributed by atoms with Crippen LogP contribution in [0.3, 0.4) is 0 Å². The first-order valence-electron chi connectivity index (χ1n) is 8.97. The highest BCUT2D eigenvalue weighted by Gasteiger charge is 2.37. The van der Waals surface area contributed by atoms with Crippen LogP contribution in [0, 0.1) is 13.8 Å². The predicted molar refractivity (Wildman–Crippen MR) is 105 cm³/mol. The maximum Gasteiger partial charge on any atom is 0.412 e. The van der Waals surface area contributed by atoms with E-state index in [0.29, 0.717) is 35.7 Å². The molecule has 0 aromatic heterocycles. The molecule has 3 rings (SSSR count). The number of benzene rings is 2. The third-order valence-corrected chi connectivity index (χ3v) is 5.16. The van der Waals surface area contributed by atoms with Crippen molar-refractivity contribution in [3.05, 3.63) is 53.1 Å². The van der Waals surface area contributed by atoms with Gasteiger partial charge in [0, 0.05) is 6.54 Å². The Bertz CT molecular complexity index is 894. The summed E-state index contributed by atoms with van der Waals surface area (Å²) < 4.78 is 5.35. The van der Waals surface area contributed by atoms with E-state index in [9.17, 15) is 14.7 Å². The van der Waals surface area contributed by atoms with Gasteiger partial charge in [0.15, 0.2) is 0 Å². The number of carbonyl (C=O) groups is 2. The molecule has 1 aliphatic rings. The topological polar surface area (TPSA) is 70.1 Å². The lowest BCUT2D eigenvalue weighted by Gasteiger charge is -2.41. The van der Waals surface area contributed by atoms with Gasteiger partial charge >= 0.3 is 6.09 Å². The molecule has 1 N–H and O–H groups in total. The van der Waals surface area contributed by atoms with E-state index in [4.69, 9.17) is 4.74 Å². The fourth-order valence-corrected chi connectivity index (χ4v) is 3.51. The summed E-state index contributed by atoms with van der Waals surface area (Å²) in [6.07, 6.45) is -0.398. The Morgan fingerprint density at radius 1 is 1.15 bits per heavy atom. The van der Waals surface area contributed by atoms with Gasteiger partial charge < -0.3 is 14.7 Å². The predicted octanol–water partition coefficient (Wildman–Crippen LogP) is 4.24. The number of para-hydroxylation sites is 1. The lowest BCUT2D eigenvalue weighted by molar-refractivity contribution is 0.0979. The Hall–Kier alpha value is -3.02. The van der Waals surface area contributed by atoms with Gasteiger partial charge in [-0.2, -0.15) is 0 Å². The van der Waals surface area contributed by atoms with Gasteiger partial charge in [-0.15, -0.1) is 0 Å². The summed E-state index contributed by atoms with van der Waals surface area (Å²) in [7, 11) is 1.53. The van der Waals surface area contributed by atoms with E-state index in [2.05, 4.69) is 0 Å². The first-order chi connectivity index (χ1) is 12.9. The number of carboxylic acid groups (broad SMARTS) is 1. The van der Waals surface area contributed by atoms with Gasteiger partial charge in [-0.25, -0.2) is 4.79 Å². The van der Waals surface area contributed by atoms with Gasteiger partial charge in [0.1, 0.15) is 5.75 Å². The number of hydrogen-bond donors (Lipinski definition) is 1. The van der Waals surface area contributed by atoms with E-state index in [1.807, 2.05) is 39.0 Å². The molecule has 0 saturated heterocycles. The van der Waals surface area contributed by atoms with E-state index in [0.717, 1.165) is 11.1 Å². The molecule has 0 spiro atoms. The number of ether oxygens (including phenoxy) is 1. The molecule has 6 heteroatoms.